The van der Waals surface area contributed by atoms with Gasteiger partial charge in [0.25, 0.3) is 5.56 Å². The molecule has 3 aromatic rings. The third kappa shape index (κ3) is 2.46. The molecule has 112 valence electrons. The van der Waals surface area contributed by atoms with Crippen LogP contribution in [-0.4, -0.2) is 15.9 Å². The maximum atomic E-state index is 12.7. The number of benzene rings is 1. The fourth-order valence-corrected chi connectivity index (χ4v) is 3.47. The summed E-state index contributed by atoms with van der Waals surface area (Å²) in [4.78, 5) is 19.0. The van der Waals surface area contributed by atoms with Crippen molar-refractivity contribution in [2.24, 2.45) is 5.10 Å². The van der Waals surface area contributed by atoms with Crippen molar-refractivity contribution in [1.82, 2.24) is 9.66 Å². The fourth-order valence-electron chi connectivity index (χ4n) is 2.22. The minimum Gasteiger partial charge on any atom is -0.267 e. The van der Waals surface area contributed by atoms with Gasteiger partial charge in [-0.15, -0.1) is 11.3 Å². The second-order valence-electron chi connectivity index (χ2n) is 5.01. The second kappa shape index (κ2) is 5.66. The first-order valence-electron chi connectivity index (χ1n) is 6.77. The summed E-state index contributed by atoms with van der Waals surface area (Å²) in [5.74, 6) is 0.557. The molecule has 0 fully saturated rings. The minimum absolute atomic E-state index is 0.146. The topological polar surface area (TPSA) is 47.2 Å². The van der Waals surface area contributed by atoms with Crippen molar-refractivity contribution in [1.29, 1.82) is 0 Å². The maximum absolute atomic E-state index is 12.7. The Bertz CT molecular complexity index is 956. The molecule has 0 spiro atoms. The summed E-state index contributed by atoms with van der Waals surface area (Å²) in [5.41, 5.74) is 1.58. The Hall–Kier alpha value is -1.98. The third-order valence-electron chi connectivity index (χ3n) is 3.56. The molecule has 1 aromatic carbocycles. The number of thiophene rings is 1. The van der Waals surface area contributed by atoms with E-state index in [1.165, 1.54) is 16.0 Å². The summed E-state index contributed by atoms with van der Waals surface area (Å²) in [6.07, 6.45) is 1.58. The molecule has 0 aliphatic rings. The molecule has 0 aliphatic carbocycles. The van der Waals surface area contributed by atoms with E-state index in [9.17, 15) is 4.79 Å². The first kappa shape index (κ1) is 14.9. The standard InChI is InChI=1S/C16H14ClN3OS/c1-9-10(2)22-15-14(9)16(21)20(11(3)19-15)18-8-12-6-4-5-7-13(12)17/h4-8H,1-3H3/b18-8+. The predicted octanol–water partition coefficient (Wildman–Crippen LogP) is 3.92. The van der Waals surface area contributed by atoms with Crippen LogP contribution in [0.2, 0.25) is 5.02 Å². The van der Waals surface area contributed by atoms with Crippen LogP contribution >= 0.6 is 22.9 Å². The van der Waals surface area contributed by atoms with E-state index in [2.05, 4.69) is 10.1 Å². The van der Waals surface area contributed by atoms with Gasteiger partial charge in [0.1, 0.15) is 10.7 Å². The number of rotatable bonds is 2. The summed E-state index contributed by atoms with van der Waals surface area (Å²) in [5, 5.41) is 5.51. The number of hydrogen-bond acceptors (Lipinski definition) is 4. The first-order chi connectivity index (χ1) is 10.5. The molecule has 3 rings (SSSR count). The molecule has 0 bridgehead atoms. The summed E-state index contributed by atoms with van der Waals surface area (Å²) in [7, 11) is 0. The van der Waals surface area contributed by atoms with Gasteiger partial charge in [-0.3, -0.25) is 4.79 Å². The second-order valence-corrected chi connectivity index (χ2v) is 6.62. The van der Waals surface area contributed by atoms with Crippen molar-refractivity contribution in [3.8, 4) is 0 Å². The zero-order chi connectivity index (χ0) is 15.9. The molecule has 0 radical (unpaired) electrons. The van der Waals surface area contributed by atoms with Crippen LogP contribution in [0.15, 0.2) is 34.2 Å². The van der Waals surface area contributed by atoms with Gasteiger partial charge >= 0.3 is 0 Å². The van der Waals surface area contributed by atoms with E-state index < -0.39 is 0 Å². The van der Waals surface area contributed by atoms with E-state index >= 15 is 0 Å². The molecule has 0 saturated carbocycles. The van der Waals surface area contributed by atoms with Gasteiger partial charge in [-0.1, -0.05) is 29.8 Å². The summed E-state index contributed by atoms with van der Waals surface area (Å²) in [6, 6.07) is 7.35. The molecule has 0 amide bonds. The lowest BCUT2D eigenvalue weighted by atomic mass is 10.2. The Kier molecular flexibility index (Phi) is 3.85. The van der Waals surface area contributed by atoms with Crippen LogP contribution in [0.5, 0.6) is 0 Å². The number of hydrogen-bond donors (Lipinski definition) is 0. The largest absolute Gasteiger partial charge is 0.283 e. The monoisotopic (exact) mass is 331 g/mol. The van der Waals surface area contributed by atoms with Gasteiger partial charge in [0, 0.05) is 15.5 Å². The number of halogens is 1. The SMILES string of the molecule is Cc1sc2nc(C)n(/N=C/c3ccccc3Cl)c(=O)c2c1C. The lowest BCUT2D eigenvalue weighted by Gasteiger charge is -2.03. The molecule has 0 N–H and O–H groups in total. The van der Waals surface area contributed by atoms with Gasteiger partial charge in [0.05, 0.1) is 11.6 Å². The summed E-state index contributed by atoms with van der Waals surface area (Å²) >= 11 is 7.64. The Morgan fingerprint density at radius 1 is 1.27 bits per heavy atom. The van der Waals surface area contributed by atoms with Crippen LogP contribution in [0.25, 0.3) is 10.2 Å². The molecule has 0 saturated heterocycles. The van der Waals surface area contributed by atoms with Crippen LogP contribution in [-0.2, 0) is 0 Å². The summed E-state index contributed by atoms with van der Waals surface area (Å²) in [6.45, 7) is 5.71. The van der Waals surface area contributed by atoms with Crippen molar-refractivity contribution in [2.75, 3.05) is 0 Å². The number of aromatic nitrogens is 2. The molecule has 0 atom stereocenters. The first-order valence-corrected chi connectivity index (χ1v) is 7.96. The van der Waals surface area contributed by atoms with Gasteiger partial charge in [0.2, 0.25) is 0 Å². The van der Waals surface area contributed by atoms with Gasteiger partial charge in [-0.25, -0.2) is 4.98 Å². The highest BCUT2D eigenvalue weighted by atomic mass is 35.5. The fraction of sp³-hybridized carbons (Fsp3) is 0.188. The molecule has 4 nitrogen and oxygen atoms in total. The molecular weight excluding hydrogens is 318 g/mol. The van der Waals surface area contributed by atoms with E-state index in [1.54, 1.807) is 19.2 Å². The van der Waals surface area contributed by atoms with Crippen molar-refractivity contribution in [2.45, 2.75) is 20.8 Å². The van der Waals surface area contributed by atoms with Crippen LogP contribution in [0.4, 0.5) is 0 Å². The maximum Gasteiger partial charge on any atom is 0.283 e. The predicted molar refractivity (Wildman–Crippen MR) is 92.5 cm³/mol. The van der Waals surface area contributed by atoms with Crippen LogP contribution < -0.4 is 5.56 Å². The molecule has 22 heavy (non-hydrogen) atoms. The highest BCUT2D eigenvalue weighted by Gasteiger charge is 2.14. The van der Waals surface area contributed by atoms with Crippen LogP contribution in [0.3, 0.4) is 0 Å². The Morgan fingerprint density at radius 3 is 2.73 bits per heavy atom. The van der Waals surface area contributed by atoms with Crippen LogP contribution in [0.1, 0.15) is 21.8 Å². The number of nitrogens with zero attached hydrogens (tertiary/aromatic N) is 3. The van der Waals surface area contributed by atoms with E-state index in [-0.39, 0.29) is 5.56 Å². The van der Waals surface area contributed by atoms with E-state index in [0.29, 0.717) is 16.2 Å². The summed E-state index contributed by atoms with van der Waals surface area (Å²) < 4.78 is 1.32. The minimum atomic E-state index is -0.146. The zero-order valence-electron chi connectivity index (χ0n) is 12.4. The molecule has 2 aromatic heterocycles. The lowest BCUT2D eigenvalue weighted by Crippen LogP contribution is -2.20. The molecule has 0 aliphatic heterocycles. The average Bonchev–Trinajstić information content (AvgIpc) is 2.75. The molecular formula is C16H14ClN3OS. The van der Waals surface area contributed by atoms with Crippen molar-refractivity contribution < 1.29 is 0 Å². The Balaban J connectivity index is 2.17. The third-order valence-corrected chi connectivity index (χ3v) is 5.01. The van der Waals surface area contributed by atoms with Gasteiger partial charge in [-0.05, 0) is 32.4 Å². The van der Waals surface area contributed by atoms with Gasteiger partial charge in [-0.2, -0.15) is 9.78 Å². The Morgan fingerprint density at radius 2 is 2.00 bits per heavy atom. The quantitative estimate of drug-likeness (QED) is 0.668. The van der Waals surface area contributed by atoms with Crippen molar-refractivity contribution >= 4 is 39.4 Å². The van der Waals surface area contributed by atoms with Crippen molar-refractivity contribution in [3.05, 3.63) is 61.5 Å². The van der Waals surface area contributed by atoms with Crippen molar-refractivity contribution in [3.63, 3.8) is 0 Å². The highest BCUT2D eigenvalue weighted by molar-refractivity contribution is 7.18. The lowest BCUT2D eigenvalue weighted by molar-refractivity contribution is 0.772. The average molecular weight is 332 g/mol. The smallest absolute Gasteiger partial charge is 0.267 e. The number of aryl methyl sites for hydroxylation is 3. The highest BCUT2D eigenvalue weighted by Crippen LogP contribution is 2.26. The molecule has 6 heteroatoms. The van der Waals surface area contributed by atoms with E-state index in [0.717, 1.165) is 20.8 Å². The molecule has 2 heterocycles. The van der Waals surface area contributed by atoms with Gasteiger partial charge in [0.15, 0.2) is 0 Å². The zero-order valence-corrected chi connectivity index (χ0v) is 14.0. The molecule has 0 unspecified atom stereocenters. The van der Waals surface area contributed by atoms with E-state index in [4.69, 9.17) is 11.6 Å². The van der Waals surface area contributed by atoms with Crippen LogP contribution in [0, 0.1) is 20.8 Å². The number of fused-ring (bicyclic) bond motifs is 1. The van der Waals surface area contributed by atoms with E-state index in [1.807, 2.05) is 32.0 Å². The Labute approximate surface area is 136 Å². The normalized spacial score (nSPS) is 11.6. The van der Waals surface area contributed by atoms with Gasteiger partial charge < -0.3 is 0 Å².